The maximum atomic E-state index is 9.23. The quantitative estimate of drug-likeness (QED) is 0.945. The molecule has 1 aliphatic carbocycles. The second-order valence-corrected chi connectivity index (χ2v) is 6.72. The van der Waals surface area contributed by atoms with Gasteiger partial charge in [-0.1, -0.05) is 42.5 Å². The third kappa shape index (κ3) is 2.65. The molecule has 4 rings (SSSR count). The van der Waals surface area contributed by atoms with Crippen molar-refractivity contribution in [3.05, 3.63) is 59.7 Å². The number of aliphatic hydroxyl groups is 1. The lowest BCUT2D eigenvalue weighted by atomic mass is 9.99. The molecule has 2 fully saturated rings. The number of likely N-dealkylation sites (tertiary alicyclic amines) is 1. The van der Waals surface area contributed by atoms with E-state index in [0.717, 1.165) is 48.2 Å². The molecule has 1 aliphatic heterocycles. The highest BCUT2D eigenvalue weighted by Crippen LogP contribution is 2.51. The number of hydrogen-bond acceptors (Lipinski definition) is 3. The molecule has 1 N–H and O–H groups in total. The van der Waals surface area contributed by atoms with Gasteiger partial charge < -0.3 is 5.11 Å². The number of piperidine rings is 1. The van der Waals surface area contributed by atoms with Gasteiger partial charge in [0.2, 0.25) is 0 Å². The Kier molecular flexibility index (Phi) is 3.65. The van der Waals surface area contributed by atoms with Gasteiger partial charge in [-0.15, -0.1) is 0 Å². The first kappa shape index (κ1) is 14.4. The van der Waals surface area contributed by atoms with Crippen molar-refractivity contribution < 1.29 is 5.11 Å². The van der Waals surface area contributed by atoms with Crippen LogP contribution in [-0.2, 0) is 6.54 Å². The Balaban J connectivity index is 1.44. The molecule has 1 heterocycles. The van der Waals surface area contributed by atoms with Gasteiger partial charge in [-0.3, -0.25) is 4.90 Å². The molecule has 3 heteroatoms. The second kappa shape index (κ2) is 5.81. The van der Waals surface area contributed by atoms with Crippen LogP contribution in [0.15, 0.2) is 48.5 Å². The monoisotopic (exact) mass is 304 g/mol. The highest BCUT2D eigenvalue weighted by molar-refractivity contribution is 5.70. The average molecular weight is 304 g/mol. The van der Waals surface area contributed by atoms with Gasteiger partial charge in [0.1, 0.15) is 0 Å². The minimum Gasteiger partial charge on any atom is -0.396 e. The van der Waals surface area contributed by atoms with Crippen molar-refractivity contribution in [1.82, 2.24) is 4.90 Å². The molecule has 1 saturated carbocycles. The molecule has 2 aliphatic rings. The summed E-state index contributed by atoms with van der Waals surface area (Å²) in [6.07, 6.45) is 0. The third-order valence-corrected chi connectivity index (χ3v) is 5.38. The smallest absolute Gasteiger partial charge is 0.0998 e. The van der Waals surface area contributed by atoms with Crippen LogP contribution in [0.4, 0.5) is 0 Å². The molecule has 2 aromatic rings. The molecule has 0 amide bonds. The zero-order valence-electron chi connectivity index (χ0n) is 13.0. The first-order valence-electron chi connectivity index (χ1n) is 8.22. The summed E-state index contributed by atoms with van der Waals surface area (Å²) < 4.78 is 0. The van der Waals surface area contributed by atoms with E-state index in [1.165, 1.54) is 5.56 Å². The Labute approximate surface area is 136 Å². The summed E-state index contributed by atoms with van der Waals surface area (Å²) in [4.78, 5) is 2.49. The van der Waals surface area contributed by atoms with Gasteiger partial charge in [0.15, 0.2) is 0 Å². The van der Waals surface area contributed by atoms with Crippen LogP contribution < -0.4 is 0 Å². The molecule has 1 unspecified atom stereocenters. The third-order valence-electron chi connectivity index (χ3n) is 5.38. The van der Waals surface area contributed by atoms with Crippen molar-refractivity contribution in [1.29, 1.82) is 5.26 Å². The van der Waals surface area contributed by atoms with Crippen LogP contribution in [0.5, 0.6) is 0 Å². The Hall–Kier alpha value is -2.15. The number of benzene rings is 2. The van der Waals surface area contributed by atoms with Crippen LogP contribution >= 0.6 is 0 Å². The Bertz CT molecular complexity index is 735. The van der Waals surface area contributed by atoms with Crippen molar-refractivity contribution in [2.24, 2.45) is 17.8 Å². The van der Waals surface area contributed by atoms with Crippen LogP contribution in [0.25, 0.3) is 11.1 Å². The topological polar surface area (TPSA) is 47.3 Å². The maximum absolute atomic E-state index is 9.23. The summed E-state index contributed by atoms with van der Waals surface area (Å²) in [5, 5.41) is 18.4. The number of aliphatic hydroxyl groups excluding tert-OH is 1. The van der Waals surface area contributed by atoms with Gasteiger partial charge in [0.05, 0.1) is 11.6 Å². The van der Waals surface area contributed by atoms with Crippen molar-refractivity contribution in [3.63, 3.8) is 0 Å². The van der Waals surface area contributed by atoms with E-state index in [0.29, 0.717) is 12.5 Å². The summed E-state index contributed by atoms with van der Waals surface area (Å²) in [5.41, 5.74) is 4.12. The average Bonchev–Trinajstić information content (AvgIpc) is 3.08. The molecule has 1 saturated heterocycles. The summed E-state index contributed by atoms with van der Waals surface area (Å²) in [5.74, 6) is 2.01. The molecule has 23 heavy (non-hydrogen) atoms. The number of fused-ring (bicyclic) bond motifs is 1. The van der Waals surface area contributed by atoms with E-state index < -0.39 is 0 Å². The molecule has 0 radical (unpaired) electrons. The summed E-state index contributed by atoms with van der Waals surface area (Å²) in [6.45, 7) is 3.57. The van der Waals surface area contributed by atoms with Crippen molar-refractivity contribution in [2.45, 2.75) is 6.54 Å². The highest BCUT2D eigenvalue weighted by Gasteiger charge is 2.54. The molecular weight excluding hydrogens is 284 g/mol. The van der Waals surface area contributed by atoms with Crippen molar-refractivity contribution in [2.75, 3.05) is 19.7 Å². The Morgan fingerprint density at radius 2 is 1.74 bits per heavy atom. The normalized spacial score (nSPS) is 25.8. The molecule has 116 valence electrons. The maximum Gasteiger partial charge on any atom is 0.0998 e. The fraction of sp³-hybridized carbons (Fsp3) is 0.350. The molecule has 0 spiro atoms. The van der Waals surface area contributed by atoms with Crippen LogP contribution in [0.3, 0.4) is 0 Å². The lowest BCUT2D eigenvalue weighted by Crippen LogP contribution is -2.24. The van der Waals surface area contributed by atoms with Crippen LogP contribution in [0.2, 0.25) is 0 Å². The predicted octanol–water partition coefficient (Wildman–Crippen LogP) is 2.90. The molecule has 0 aromatic heterocycles. The largest absolute Gasteiger partial charge is 0.396 e. The van der Waals surface area contributed by atoms with E-state index >= 15 is 0 Å². The number of hydrogen-bond donors (Lipinski definition) is 1. The minimum atomic E-state index is 0.357. The molecule has 2 aromatic carbocycles. The second-order valence-electron chi connectivity index (χ2n) is 6.72. The summed E-state index contributed by atoms with van der Waals surface area (Å²) in [6, 6.07) is 18.5. The minimum absolute atomic E-state index is 0.357. The van der Waals surface area contributed by atoms with E-state index in [1.54, 1.807) is 0 Å². The van der Waals surface area contributed by atoms with Gasteiger partial charge in [-0.25, -0.2) is 0 Å². The van der Waals surface area contributed by atoms with E-state index in [-0.39, 0.29) is 0 Å². The predicted molar refractivity (Wildman–Crippen MR) is 89.4 cm³/mol. The van der Waals surface area contributed by atoms with Gasteiger partial charge >= 0.3 is 0 Å². The summed E-state index contributed by atoms with van der Waals surface area (Å²) in [7, 11) is 0. The van der Waals surface area contributed by atoms with E-state index in [4.69, 9.17) is 0 Å². The fourth-order valence-electron chi connectivity index (χ4n) is 4.02. The van der Waals surface area contributed by atoms with Crippen molar-refractivity contribution >= 4 is 0 Å². The van der Waals surface area contributed by atoms with Crippen LogP contribution in [0, 0.1) is 29.1 Å². The van der Waals surface area contributed by atoms with Crippen molar-refractivity contribution in [3.8, 4) is 17.2 Å². The number of nitriles is 1. The van der Waals surface area contributed by atoms with Gasteiger partial charge in [0, 0.05) is 26.2 Å². The lowest BCUT2D eigenvalue weighted by molar-refractivity contribution is 0.217. The van der Waals surface area contributed by atoms with Gasteiger partial charge in [0.25, 0.3) is 0 Å². The lowest BCUT2D eigenvalue weighted by Gasteiger charge is -2.19. The van der Waals surface area contributed by atoms with Gasteiger partial charge in [-0.2, -0.15) is 5.26 Å². The van der Waals surface area contributed by atoms with E-state index in [2.05, 4.69) is 35.2 Å². The fourth-order valence-corrected chi connectivity index (χ4v) is 4.02. The van der Waals surface area contributed by atoms with E-state index in [9.17, 15) is 10.4 Å². The SMILES string of the molecule is N#Cc1ccccc1-c1ccc(CN2C[C@@H]3C(CO)[C@@H]3C2)cc1. The summed E-state index contributed by atoms with van der Waals surface area (Å²) >= 11 is 0. The Morgan fingerprint density at radius 1 is 1.04 bits per heavy atom. The molecular formula is C20H20N2O. The van der Waals surface area contributed by atoms with Crippen LogP contribution in [-0.4, -0.2) is 29.7 Å². The van der Waals surface area contributed by atoms with E-state index in [1.807, 2.05) is 24.3 Å². The number of rotatable bonds is 4. The first-order chi connectivity index (χ1) is 11.3. The van der Waals surface area contributed by atoms with Gasteiger partial charge in [-0.05, 0) is 40.5 Å². The molecule has 0 bridgehead atoms. The first-order valence-corrected chi connectivity index (χ1v) is 8.22. The number of nitrogens with zero attached hydrogens (tertiary/aromatic N) is 2. The molecule has 3 nitrogen and oxygen atoms in total. The molecule has 3 atom stereocenters. The van der Waals surface area contributed by atoms with Crippen LogP contribution in [0.1, 0.15) is 11.1 Å². The zero-order valence-corrected chi connectivity index (χ0v) is 13.0. The standard InChI is InChI=1S/C20H20N2O/c21-9-16-3-1-2-4-17(16)15-7-5-14(6-8-15)10-22-11-18-19(12-22)20(18)13-23/h1-8,18-20,23H,10-13H2/t18-,19+,20?. The zero-order chi connectivity index (χ0) is 15.8. The Morgan fingerprint density at radius 3 is 2.39 bits per heavy atom. The highest BCUT2D eigenvalue weighted by atomic mass is 16.3.